The summed E-state index contributed by atoms with van der Waals surface area (Å²) >= 11 is 0. The zero-order valence-electron chi connectivity index (χ0n) is 4.00. The number of rotatable bonds is 0. The summed E-state index contributed by atoms with van der Waals surface area (Å²) in [6.45, 7) is 3.74. The normalized spacial score (nSPS) is 19.6. The topological polar surface area (TPSA) is 9.23 Å². The summed E-state index contributed by atoms with van der Waals surface area (Å²) < 4.78 is 4.74. The first-order chi connectivity index (χ1) is 3.39. The van der Waals surface area contributed by atoms with E-state index in [9.17, 15) is 0 Å². The maximum Gasteiger partial charge on any atom is 0.0867 e. The van der Waals surface area contributed by atoms with Crippen LogP contribution in [0.25, 0.3) is 0 Å². The van der Waals surface area contributed by atoms with Crippen molar-refractivity contribution in [2.24, 2.45) is 5.92 Å². The highest BCUT2D eigenvalue weighted by molar-refractivity contribution is 5.02. The first kappa shape index (κ1) is 4.44. The van der Waals surface area contributed by atoms with Gasteiger partial charge in [0.2, 0.25) is 0 Å². The molecular formula is C6H7O. The molecule has 1 rings (SSSR count). The van der Waals surface area contributed by atoms with Gasteiger partial charge in [-0.1, -0.05) is 0 Å². The van der Waals surface area contributed by atoms with Crippen LogP contribution in [-0.4, -0.2) is 0 Å². The highest BCUT2D eigenvalue weighted by atomic mass is 16.5. The average molecular weight is 95.1 g/mol. The van der Waals surface area contributed by atoms with E-state index in [1.54, 1.807) is 12.5 Å². The number of hydrogen-bond acceptors (Lipinski definition) is 1. The van der Waals surface area contributed by atoms with E-state index in [0.717, 1.165) is 0 Å². The molecule has 1 heteroatoms. The molecule has 0 N–H and O–H groups in total. The smallest absolute Gasteiger partial charge is 0.0867 e. The molecule has 7 heavy (non-hydrogen) atoms. The minimum atomic E-state index is 0.300. The summed E-state index contributed by atoms with van der Waals surface area (Å²) in [6, 6.07) is 0. The number of hydrogen-bond donors (Lipinski definition) is 0. The fraction of sp³-hybridized carbons (Fsp3) is 0.167. The summed E-state index contributed by atoms with van der Waals surface area (Å²) in [7, 11) is 0. The third-order valence-electron chi connectivity index (χ3n) is 0.809. The molecule has 0 bridgehead atoms. The SMILES string of the molecule is [CH2]C1C=COC=C1. The molecule has 0 aromatic rings. The van der Waals surface area contributed by atoms with Crippen molar-refractivity contribution in [1.82, 2.24) is 0 Å². The van der Waals surface area contributed by atoms with Crippen LogP contribution in [-0.2, 0) is 4.74 Å². The summed E-state index contributed by atoms with van der Waals surface area (Å²) in [4.78, 5) is 0. The van der Waals surface area contributed by atoms with Crippen molar-refractivity contribution in [1.29, 1.82) is 0 Å². The fourth-order valence-corrected chi connectivity index (χ4v) is 0.402. The summed E-state index contributed by atoms with van der Waals surface area (Å²) in [5.74, 6) is 0.300. The largest absolute Gasteiger partial charge is 0.473 e. The zero-order valence-corrected chi connectivity index (χ0v) is 4.00. The van der Waals surface area contributed by atoms with Crippen molar-refractivity contribution in [2.45, 2.75) is 0 Å². The van der Waals surface area contributed by atoms with E-state index in [2.05, 4.69) is 6.92 Å². The molecule has 37 valence electrons. The lowest BCUT2D eigenvalue weighted by Crippen LogP contribution is -1.87. The van der Waals surface area contributed by atoms with E-state index in [0.29, 0.717) is 5.92 Å². The van der Waals surface area contributed by atoms with Gasteiger partial charge in [-0.2, -0.15) is 0 Å². The van der Waals surface area contributed by atoms with Crippen LogP contribution < -0.4 is 0 Å². The lowest BCUT2D eigenvalue weighted by molar-refractivity contribution is 0.388. The van der Waals surface area contributed by atoms with Crippen molar-refractivity contribution in [3.05, 3.63) is 31.6 Å². The number of allylic oxidation sites excluding steroid dienone is 2. The molecular weight excluding hydrogens is 88.1 g/mol. The Morgan fingerprint density at radius 3 is 2.14 bits per heavy atom. The van der Waals surface area contributed by atoms with Crippen LogP contribution in [0.2, 0.25) is 0 Å². The van der Waals surface area contributed by atoms with Gasteiger partial charge in [0, 0.05) is 5.92 Å². The third-order valence-corrected chi connectivity index (χ3v) is 0.809. The molecule has 0 aliphatic carbocycles. The number of ether oxygens (including phenoxy) is 1. The van der Waals surface area contributed by atoms with Crippen molar-refractivity contribution in [3.63, 3.8) is 0 Å². The predicted octanol–water partition coefficient (Wildman–Crippen LogP) is 1.49. The molecule has 0 fully saturated rings. The molecule has 0 amide bonds. The molecule has 1 nitrogen and oxygen atoms in total. The predicted molar refractivity (Wildman–Crippen MR) is 28.2 cm³/mol. The fourth-order valence-electron chi connectivity index (χ4n) is 0.402. The monoisotopic (exact) mass is 95.0 g/mol. The lowest BCUT2D eigenvalue weighted by atomic mass is 10.2. The summed E-state index contributed by atoms with van der Waals surface area (Å²) in [6.07, 6.45) is 7.05. The Hall–Kier alpha value is -0.720. The molecule has 1 aliphatic rings. The van der Waals surface area contributed by atoms with Crippen molar-refractivity contribution in [2.75, 3.05) is 0 Å². The van der Waals surface area contributed by atoms with Gasteiger partial charge in [0.25, 0.3) is 0 Å². The van der Waals surface area contributed by atoms with Gasteiger partial charge in [0.15, 0.2) is 0 Å². The van der Waals surface area contributed by atoms with Gasteiger partial charge in [-0.05, 0) is 19.1 Å². The Morgan fingerprint density at radius 1 is 1.29 bits per heavy atom. The van der Waals surface area contributed by atoms with Gasteiger partial charge in [0.1, 0.15) is 0 Å². The first-order valence-corrected chi connectivity index (χ1v) is 2.21. The second kappa shape index (κ2) is 1.82. The Bertz CT molecular complexity index is 90.7. The summed E-state index contributed by atoms with van der Waals surface area (Å²) in [5, 5.41) is 0. The van der Waals surface area contributed by atoms with Crippen molar-refractivity contribution in [3.8, 4) is 0 Å². The summed E-state index contributed by atoms with van der Waals surface area (Å²) in [5.41, 5.74) is 0. The molecule has 1 radical (unpaired) electrons. The van der Waals surface area contributed by atoms with Crippen LogP contribution in [0.4, 0.5) is 0 Å². The molecule has 0 saturated carbocycles. The third kappa shape index (κ3) is 1.07. The van der Waals surface area contributed by atoms with Gasteiger partial charge in [-0.15, -0.1) is 0 Å². The molecule has 0 aromatic heterocycles. The minimum absolute atomic E-state index is 0.300. The highest BCUT2D eigenvalue weighted by Gasteiger charge is 1.91. The van der Waals surface area contributed by atoms with Crippen LogP contribution in [0, 0.1) is 12.8 Å². The van der Waals surface area contributed by atoms with Crippen molar-refractivity contribution >= 4 is 0 Å². The highest BCUT2D eigenvalue weighted by Crippen LogP contribution is 2.03. The van der Waals surface area contributed by atoms with Crippen LogP contribution in [0.15, 0.2) is 24.7 Å². The standard InChI is InChI=1S/C6H7O/c1-6-2-4-7-5-3-6/h2-6H,1H2. The Balaban J connectivity index is 2.49. The molecule has 1 heterocycles. The van der Waals surface area contributed by atoms with E-state index in [1.165, 1.54) is 0 Å². The zero-order chi connectivity index (χ0) is 5.11. The van der Waals surface area contributed by atoms with Crippen molar-refractivity contribution < 1.29 is 4.74 Å². The minimum Gasteiger partial charge on any atom is -0.473 e. The second-order valence-corrected chi connectivity index (χ2v) is 1.46. The van der Waals surface area contributed by atoms with E-state index in [-0.39, 0.29) is 0 Å². The second-order valence-electron chi connectivity index (χ2n) is 1.46. The molecule has 0 unspecified atom stereocenters. The van der Waals surface area contributed by atoms with E-state index >= 15 is 0 Å². The quantitative estimate of drug-likeness (QED) is 0.443. The first-order valence-electron chi connectivity index (χ1n) is 2.21. The van der Waals surface area contributed by atoms with E-state index in [4.69, 9.17) is 4.74 Å². The molecule has 0 atom stereocenters. The van der Waals surface area contributed by atoms with E-state index < -0.39 is 0 Å². The van der Waals surface area contributed by atoms with E-state index in [1.807, 2.05) is 12.2 Å². The molecule has 1 aliphatic heterocycles. The van der Waals surface area contributed by atoms with Gasteiger partial charge < -0.3 is 4.74 Å². The van der Waals surface area contributed by atoms with Crippen LogP contribution in [0.3, 0.4) is 0 Å². The van der Waals surface area contributed by atoms with Crippen LogP contribution >= 0.6 is 0 Å². The van der Waals surface area contributed by atoms with Gasteiger partial charge in [-0.3, -0.25) is 0 Å². The Morgan fingerprint density at radius 2 is 1.86 bits per heavy atom. The Kier molecular flexibility index (Phi) is 1.16. The van der Waals surface area contributed by atoms with Crippen LogP contribution in [0.5, 0.6) is 0 Å². The van der Waals surface area contributed by atoms with Gasteiger partial charge in [0.05, 0.1) is 12.5 Å². The molecule has 0 spiro atoms. The van der Waals surface area contributed by atoms with Gasteiger partial charge >= 0.3 is 0 Å². The Labute approximate surface area is 43.3 Å². The molecule has 0 saturated heterocycles. The maximum atomic E-state index is 4.74. The lowest BCUT2D eigenvalue weighted by Gasteiger charge is -2.01. The van der Waals surface area contributed by atoms with Crippen LogP contribution in [0.1, 0.15) is 0 Å². The van der Waals surface area contributed by atoms with Gasteiger partial charge in [-0.25, -0.2) is 0 Å². The average Bonchev–Trinajstić information content (AvgIpc) is 1.69. The maximum absolute atomic E-state index is 4.74. The molecule has 0 aromatic carbocycles.